The second-order valence-corrected chi connectivity index (χ2v) is 8.16. The van der Waals surface area contributed by atoms with Crippen molar-refractivity contribution in [1.82, 2.24) is 10.6 Å². The van der Waals surface area contributed by atoms with Gasteiger partial charge in [0.25, 0.3) is 5.91 Å². The van der Waals surface area contributed by atoms with Gasteiger partial charge in [-0.3, -0.25) is 4.79 Å². The third-order valence-corrected chi connectivity index (χ3v) is 5.57. The number of rotatable bonds is 10. The fourth-order valence-corrected chi connectivity index (χ4v) is 3.46. The van der Waals surface area contributed by atoms with Gasteiger partial charge in [-0.25, -0.2) is 14.0 Å². The lowest BCUT2D eigenvalue weighted by Crippen LogP contribution is -2.49. The van der Waals surface area contributed by atoms with Crippen LogP contribution >= 0.6 is 0 Å². The van der Waals surface area contributed by atoms with Crippen LogP contribution in [-0.4, -0.2) is 30.6 Å². The van der Waals surface area contributed by atoms with Gasteiger partial charge >= 0.3 is 12.1 Å². The highest BCUT2D eigenvalue weighted by atomic mass is 19.1. The van der Waals surface area contributed by atoms with E-state index in [1.54, 1.807) is 37.3 Å². The number of hydrogen-bond donors (Lipinski definition) is 2. The zero-order valence-electron chi connectivity index (χ0n) is 20.3. The third kappa shape index (κ3) is 7.66. The van der Waals surface area contributed by atoms with Crippen LogP contribution in [0, 0.1) is 12.7 Å². The van der Waals surface area contributed by atoms with Crippen LogP contribution in [0.3, 0.4) is 0 Å². The zero-order valence-corrected chi connectivity index (χ0v) is 20.3. The molecule has 0 heterocycles. The first-order valence-electron chi connectivity index (χ1n) is 11.6. The molecule has 0 aliphatic carbocycles. The number of aryl methyl sites for hydroxylation is 1. The van der Waals surface area contributed by atoms with E-state index in [0.717, 1.165) is 17.2 Å². The monoisotopic (exact) mass is 492 g/mol. The summed E-state index contributed by atoms with van der Waals surface area (Å²) in [4.78, 5) is 37.9. The number of nitrogens with one attached hydrogen (secondary N) is 2. The number of carbonyl (C=O) groups excluding carboxylic acids is 3. The quantitative estimate of drug-likeness (QED) is 0.408. The molecule has 0 aliphatic heterocycles. The van der Waals surface area contributed by atoms with Crippen molar-refractivity contribution in [3.05, 3.63) is 106 Å². The first-order valence-corrected chi connectivity index (χ1v) is 11.6. The molecule has 0 aliphatic rings. The summed E-state index contributed by atoms with van der Waals surface area (Å²) in [7, 11) is 0. The number of amides is 2. The van der Waals surface area contributed by atoms with Gasteiger partial charge in [0.1, 0.15) is 25.1 Å². The summed E-state index contributed by atoms with van der Waals surface area (Å²) in [5.41, 5.74) is 2.86. The van der Waals surface area contributed by atoms with Crippen LogP contribution in [0.1, 0.15) is 39.5 Å². The summed E-state index contributed by atoms with van der Waals surface area (Å²) in [5, 5.41) is 5.03. The highest BCUT2D eigenvalue weighted by Gasteiger charge is 2.24. The van der Waals surface area contributed by atoms with Crippen LogP contribution in [0.4, 0.5) is 9.18 Å². The normalized spacial score (nSPS) is 11.3. The lowest BCUT2D eigenvalue weighted by atomic mass is 10.0. The molecule has 0 saturated heterocycles. The number of alkyl carbamates (subject to hydrolysis) is 1. The molecule has 7 nitrogen and oxygen atoms in total. The lowest BCUT2D eigenvalue weighted by Gasteiger charge is -2.18. The number of halogens is 1. The van der Waals surface area contributed by atoms with Crippen molar-refractivity contribution in [2.24, 2.45) is 0 Å². The van der Waals surface area contributed by atoms with E-state index in [2.05, 4.69) is 10.6 Å². The molecule has 2 N–H and O–H groups in total. The number of hydrogen-bond acceptors (Lipinski definition) is 5. The highest BCUT2D eigenvalue weighted by Crippen LogP contribution is 2.16. The molecule has 0 radical (unpaired) electrons. The fourth-order valence-electron chi connectivity index (χ4n) is 3.46. The molecule has 3 aromatic rings. The molecule has 0 fully saturated rings. The Kier molecular flexibility index (Phi) is 9.56. The molecule has 36 heavy (non-hydrogen) atoms. The van der Waals surface area contributed by atoms with Gasteiger partial charge < -0.3 is 20.1 Å². The minimum absolute atomic E-state index is 0.00606. The first-order chi connectivity index (χ1) is 17.4. The van der Waals surface area contributed by atoms with E-state index in [1.807, 2.05) is 43.3 Å². The van der Waals surface area contributed by atoms with Crippen molar-refractivity contribution in [3.8, 4) is 0 Å². The average Bonchev–Trinajstić information content (AvgIpc) is 2.90. The molecule has 0 aromatic heterocycles. The number of esters is 1. The predicted molar refractivity (Wildman–Crippen MR) is 133 cm³/mol. The first kappa shape index (κ1) is 26.4. The van der Waals surface area contributed by atoms with Gasteiger partial charge in [-0.15, -0.1) is 0 Å². The number of benzene rings is 3. The van der Waals surface area contributed by atoms with Crippen molar-refractivity contribution in [1.29, 1.82) is 0 Å². The van der Waals surface area contributed by atoms with Crippen LogP contribution < -0.4 is 10.6 Å². The summed E-state index contributed by atoms with van der Waals surface area (Å²) >= 11 is 0. The van der Waals surface area contributed by atoms with E-state index in [1.165, 1.54) is 0 Å². The Balaban J connectivity index is 1.65. The molecule has 0 bridgehead atoms. The summed E-state index contributed by atoms with van der Waals surface area (Å²) in [6.45, 7) is 3.25. The van der Waals surface area contributed by atoms with Gasteiger partial charge in [-0.2, -0.15) is 0 Å². The molecule has 0 spiro atoms. The van der Waals surface area contributed by atoms with E-state index in [-0.39, 0.29) is 25.3 Å². The standard InChI is InChI=1S/C28H29FN2O5/c1-3-22-14-23(15-24(29)19(22)2)26(32)30-16-25(27(33)35-17-20-10-6-4-7-11-20)31-28(34)36-18-21-12-8-5-9-13-21/h4-15,25H,3,16-18H2,1-2H3,(H,30,32)(H,31,34)/t25-/m1/s1. The van der Waals surface area contributed by atoms with Crippen LogP contribution in [0.5, 0.6) is 0 Å². The Labute approximate surface area is 209 Å². The summed E-state index contributed by atoms with van der Waals surface area (Å²) in [5.74, 6) is -1.81. The Morgan fingerprint density at radius 3 is 2.06 bits per heavy atom. The van der Waals surface area contributed by atoms with Gasteiger partial charge in [0.05, 0.1) is 0 Å². The molecular formula is C28H29FN2O5. The number of carbonyl (C=O) groups is 3. The van der Waals surface area contributed by atoms with Crippen molar-refractivity contribution < 1.29 is 28.2 Å². The molecule has 0 unspecified atom stereocenters. The molecule has 0 saturated carbocycles. The smallest absolute Gasteiger partial charge is 0.408 e. The second-order valence-electron chi connectivity index (χ2n) is 8.16. The predicted octanol–water partition coefficient (Wildman–Crippen LogP) is 4.46. The zero-order chi connectivity index (χ0) is 25.9. The molecule has 8 heteroatoms. The van der Waals surface area contributed by atoms with Gasteiger partial charge in [0.15, 0.2) is 0 Å². The van der Waals surface area contributed by atoms with Gasteiger partial charge in [0, 0.05) is 12.1 Å². The second kappa shape index (κ2) is 13.0. The van der Waals surface area contributed by atoms with Crippen LogP contribution in [0.2, 0.25) is 0 Å². The van der Waals surface area contributed by atoms with E-state index < -0.39 is 29.8 Å². The molecule has 1 atom stereocenters. The van der Waals surface area contributed by atoms with Crippen molar-refractivity contribution in [2.75, 3.05) is 6.54 Å². The SMILES string of the molecule is CCc1cc(C(=O)NC[C@@H](NC(=O)OCc2ccccc2)C(=O)OCc2ccccc2)cc(F)c1C. The topological polar surface area (TPSA) is 93.7 Å². The van der Waals surface area contributed by atoms with Gasteiger partial charge in [-0.1, -0.05) is 67.6 Å². The van der Waals surface area contributed by atoms with Gasteiger partial charge in [0.2, 0.25) is 0 Å². The molecule has 188 valence electrons. The molecule has 3 aromatic carbocycles. The maximum atomic E-state index is 14.2. The van der Waals surface area contributed by atoms with Crippen molar-refractivity contribution in [3.63, 3.8) is 0 Å². The Bertz CT molecular complexity index is 1190. The van der Waals surface area contributed by atoms with E-state index in [9.17, 15) is 18.8 Å². The van der Waals surface area contributed by atoms with Crippen LogP contribution in [0.15, 0.2) is 72.8 Å². The van der Waals surface area contributed by atoms with Gasteiger partial charge in [-0.05, 0) is 47.7 Å². The summed E-state index contributed by atoms with van der Waals surface area (Å²) in [6.07, 6.45) is -0.281. The Morgan fingerprint density at radius 2 is 1.47 bits per heavy atom. The minimum Gasteiger partial charge on any atom is -0.459 e. The summed E-state index contributed by atoms with van der Waals surface area (Å²) < 4.78 is 24.8. The van der Waals surface area contributed by atoms with E-state index >= 15 is 0 Å². The Morgan fingerprint density at radius 1 is 0.889 bits per heavy atom. The highest BCUT2D eigenvalue weighted by molar-refractivity contribution is 5.95. The van der Waals surface area contributed by atoms with E-state index in [4.69, 9.17) is 9.47 Å². The third-order valence-electron chi connectivity index (χ3n) is 5.57. The largest absolute Gasteiger partial charge is 0.459 e. The maximum absolute atomic E-state index is 14.2. The van der Waals surface area contributed by atoms with Crippen LogP contribution in [-0.2, 0) is 33.9 Å². The minimum atomic E-state index is -1.22. The Hall–Kier alpha value is -4.20. The van der Waals surface area contributed by atoms with Crippen molar-refractivity contribution in [2.45, 2.75) is 39.5 Å². The average molecular weight is 493 g/mol. The lowest BCUT2D eigenvalue weighted by molar-refractivity contribution is -0.147. The number of ether oxygens (including phenoxy) is 2. The fraction of sp³-hybridized carbons (Fsp3) is 0.250. The molecular weight excluding hydrogens is 463 g/mol. The molecule has 3 rings (SSSR count). The van der Waals surface area contributed by atoms with Crippen molar-refractivity contribution >= 4 is 18.0 Å². The summed E-state index contributed by atoms with van der Waals surface area (Å²) in [6, 6.07) is 19.6. The van der Waals surface area contributed by atoms with E-state index in [0.29, 0.717) is 17.5 Å². The maximum Gasteiger partial charge on any atom is 0.408 e. The van der Waals surface area contributed by atoms with Crippen LogP contribution in [0.25, 0.3) is 0 Å². The molecule has 2 amide bonds.